The first kappa shape index (κ1) is 29.5. The number of rotatable bonds is 13. The Bertz CT molecular complexity index is 1360. The monoisotopic (exact) mass is 568 g/mol. The minimum atomic E-state index is -0.133. The Hall–Kier alpha value is -3.50. The summed E-state index contributed by atoms with van der Waals surface area (Å²) in [5.74, 6) is 2.75. The van der Waals surface area contributed by atoms with E-state index in [-0.39, 0.29) is 5.56 Å². The van der Waals surface area contributed by atoms with Crippen molar-refractivity contribution in [1.82, 2.24) is 20.1 Å². The number of pyridine rings is 1. The second kappa shape index (κ2) is 14.2. The van der Waals surface area contributed by atoms with Crippen LogP contribution in [0.15, 0.2) is 41.2 Å². The molecule has 0 bridgehead atoms. The van der Waals surface area contributed by atoms with E-state index in [0.29, 0.717) is 60.0 Å². The van der Waals surface area contributed by atoms with E-state index in [1.54, 1.807) is 14.2 Å². The van der Waals surface area contributed by atoms with Crippen molar-refractivity contribution in [2.45, 2.75) is 33.2 Å². The molecule has 2 N–H and O–H groups in total. The second-order valence-electron chi connectivity index (χ2n) is 9.68. The minimum absolute atomic E-state index is 0.133. The largest absolute Gasteiger partial charge is 0.493 e. The first-order valence-electron chi connectivity index (χ1n) is 13.9. The van der Waals surface area contributed by atoms with Gasteiger partial charge in [0.1, 0.15) is 13.2 Å². The number of aromatic amines is 1. The van der Waals surface area contributed by atoms with E-state index < -0.39 is 0 Å². The van der Waals surface area contributed by atoms with Crippen molar-refractivity contribution in [2.75, 3.05) is 60.2 Å². The molecular formula is C30H40N4O5S. The molecule has 1 aliphatic heterocycles. The number of methoxy groups -OCH3 is 2. The van der Waals surface area contributed by atoms with E-state index in [1.807, 2.05) is 36.4 Å². The topological polar surface area (TPSA) is 88.3 Å². The van der Waals surface area contributed by atoms with Crippen molar-refractivity contribution in [3.63, 3.8) is 0 Å². The average molecular weight is 569 g/mol. The highest BCUT2D eigenvalue weighted by molar-refractivity contribution is 7.80. The van der Waals surface area contributed by atoms with Gasteiger partial charge < -0.3 is 39.0 Å². The van der Waals surface area contributed by atoms with Gasteiger partial charge in [0.15, 0.2) is 28.1 Å². The van der Waals surface area contributed by atoms with Crippen molar-refractivity contribution in [2.24, 2.45) is 0 Å². The van der Waals surface area contributed by atoms with Gasteiger partial charge >= 0.3 is 0 Å². The van der Waals surface area contributed by atoms with Gasteiger partial charge in [-0.3, -0.25) is 4.79 Å². The molecule has 9 nitrogen and oxygen atoms in total. The van der Waals surface area contributed by atoms with E-state index in [2.05, 4.69) is 33.9 Å². The number of hydrogen-bond acceptors (Lipinski definition) is 7. The molecule has 216 valence electrons. The summed E-state index contributed by atoms with van der Waals surface area (Å²) in [5.41, 5.74) is 2.35. The van der Waals surface area contributed by atoms with Crippen molar-refractivity contribution >= 4 is 28.2 Å². The van der Waals surface area contributed by atoms with Crippen LogP contribution in [-0.2, 0) is 13.0 Å². The Labute approximate surface area is 241 Å². The standard InChI is InChI=1S/C30H40N4O5S/c1-5-33(6-2)12-7-13-34(30(40)31-11-10-21-8-9-25(36-3)26(16-21)37-4)20-23-17-22-18-27-28(39-15-14-38-27)19-24(22)32-29(23)35/h8-9,16-19H,5-7,10-15,20H2,1-4H3,(H,31,40)(H,32,35). The maximum Gasteiger partial charge on any atom is 0.253 e. The van der Waals surface area contributed by atoms with Crippen molar-refractivity contribution in [1.29, 1.82) is 0 Å². The highest BCUT2D eigenvalue weighted by Gasteiger charge is 2.17. The highest BCUT2D eigenvalue weighted by atomic mass is 32.1. The van der Waals surface area contributed by atoms with Gasteiger partial charge in [-0.2, -0.15) is 0 Å². The molecule has 0 atom stereocenters. The zero-order valence-electron chi connectivity index (χ0n) is 23.9. The molecular weight excluding hydrogens is 528 g/mol. The first-order chi connectivity index (χ1) is 19.4. The molecule has 1 aliphatic rings. The summed E-state index contributed by atoms with van der Waals surface area (Å²) in [4.78, 5) is 20.6. The van der Waals surface area contributed by atoms with Gasteiger partial charge in [0, 0.05) is 30.1 Å². The number of hydrogen-bond donors (Lipinski definition) is 2. The third kappa shape index (κ3) is 7.37. The molecule has 0 fully saturated rings. The summed E-state index contributed by atoms with van der Waals surface area (Å²) >= 11 is 5.84. The molecule has 0 saturated heterocycles. The third-order valence-electron chi connectivity index (χ3n) is 7.17. The van der Waals surface area contributed by atoms with Crippen molar-refractivity contribution < 1.29 is 18.9 Å². The van der Waals surface area contributed by atoms with Crippen LogP contribution in [0.25, 0.3) is 10.9 Å². The molecule has 0 spiro atoms. The lowest BCUT2D eigenvalue weighted by Gasteiger charge is -2.27. The molecule has 0 aliphatic carbocycles. The second-order valence-corrected chi connectivity index (χ2v) is 10.1. The predicted molar refractivity (Wildman–Crippen MR) is 162 cm³/mol. The fraction of sp³-hybridized carbons (Fsp3) is 0.467. The van der Waals surface area contributed by atoms with Gasteiger partial charge in [-0.05, 0) is 74.5 Å². The SMILES string of the molecule is CCN(CC)CCCN(Cc1cc2cc3c(cc2[nH]c1=O)OCCO3)C(=S)NCCc1ccc(OC)c(OC)c1. The van der Waals surface area contributed by atoms with E-state index in [9.17, 15) is 4.79 Å². The van der Waals surface area contributed by atoms with Crippen LogP contribution in [0.2, 0.25) is 0 Å². The Balaban J connectivity index is 1.47. The molecule has 2 heterocycles. The fourth-order valence-electron chi connectivity index (χ4n) is 4.85. The maximum atomic E-state index is 13.1. The number of ether oxygens (including phenoxy) is 4. The van der Waals surface area contributed by atoms with Crippen LogP contribution >= 0.6 is 12.2 Å². The molecule has 0 unspecified atom stereocenters. The Kier molecular flexibility index (Phi) is 10.5. The molecule has 0 saturated carbocycles. The van der Waals surface area contributed by atoms with Gasteiger partial charge in [-0.1, -0.05) is 19.9 Å². The normalized spacial score (nSPS) is 12.4. The first-order valence-corrected chi connectivity index (χ1v) is 14.3. The highest BCUT2D eigenvalue weighted by Crippen LogP contribution is 2.33. The zero-order chi connectivity index (χ0) is 28.5. The van der Waals surface area contributed by atoms with E-state index in [4.69, 9.17) is 31.2 Å². The summed E-state index contributed by atoms with van der Waals surface area (Å²) in [5, 5.41) is 4.93. The molecule has 2 aromatic carbocycles. The average Bonchev–Trinajstić information content (AvgIpc) is 2.97. The quantitative estimate of drug-likeness (QED) is 0.298. The summed E-state index contributed by atoms with van der Waals surface area (Å²) < 4.78 is 22.2. The molecule has 0 amide bonds. The molecule has 40 heavy (non-hydrogen) atoms. The van der Waals surface area contributed by atoms with Crippen molar-refractivity contribution in [3.05, 3.63) is 57.9 Å². The number of H-pyrrole nitrogens is 1. The van der Waals surface area contributed by atoms with Gasteiger partial charge in [-0.25, -0.2) is 0 Å². The van der Waals surface area contributed by atoms with Crippen LogP contribution in [0, 0.1) is 0 Å². The Morgan fingerprint density at radius 2 is 1.73 bits per heavy atom. The van der Waals surface area contributed by atoms with Crippen molar-refractivity contribution in [3.8, 4) is 23.0 Å². The summed E-state index contributed by atoms with van der Waals surface area (Å²) in [6, 6.07) is 11.6. The summed E-state index contributed by atoms with van der Waals surface area (Å²) in [6.07, 6.45) is 1.70. The van der Waals surface area contributed by atoms with E-state index >= 15 is 0 Å². The summed E-state index contributed by atoms with van der Waals surface area (Å²) in [7, 11) is 3.26. The van der Waals surface area contributed by atoms with Crippen LogP contribution in [0.4, 0.5) is 0 Å². The van der Waals surface area contributed by atoms with Crippen LogP contribution in [0.5, 0.6) is 23.0 Å². The van der Waals surface area contributed by atoms with E-state index in [1.165, 1.54) is 0 Å². The minimum Gasteiger partial charge on any atom is -0.493 e. The zero-order valence-corrected chi connectivity index (χ0v) is 24.7. The lowest BCUT2D eigenvalue weighted by atomic mass is 10.1. The number of fused-ring (bicyclic) bond motifs is 2. The molecule has 3 aromatic rings. The number of thiocarbonyl (C=S) groups is 1. The van der Waals surface area contributed by atoms with Crippen LogP contribution in [0.1, 0.15) is 31.4 Å². The Morgan fingerprint density at radius 3 is 2.42 bits per heavy atom. The van der Waals surface area contributed by atoms with Gasteiger partial charge in [0.2, 0.25) is 0 Å². The van der Waals surface area contributed by atoms with Gasteiger partial charge in [0.05, 0.1) is 26.3 Å². The molecule has 1 aromatic heterocycles. The Morgan fingerprint density at radius 1 is 1.00 bits per heavy atom. The summed E-state index contributed by atoms with van der Waals surface area (Å²) in [6.45, 7) is 10.1. The third-order valence-corrected chi connectivity index (χ3v) is 7.57. The van der Waals surface area contributed by atoms with Gasteiger partial charge in [-0.15, -0.1) is 0 Å². The lowest BCUT2D eigenvalue weighted by Crippen LogP contribution is -2.42. The number of nitrogens with zero attached hydrogens (tertiary/aromatic N) is 2. The lowest BCUT2D eigenvalue weighted by molar-refractivity contribution is 0.172. The van der Waals surface area contributed by atoms with Crippen LogP contribution in [-0.4, -0.2) is 80.1 Å². The number of benzene rings is 2. The van der Waals surface area contributed by atoms with Crippen LogP contribution in [0.3, 0.4) is 0 Å². The van der Waals surface area contributed by atoms with Crippen LogP contribution < -0.4 is 29.8 Å². The number of aromatic nitrogens is 1. The smallest absolute Gasteiger partial charge is 0.253 e. The predicted octanol–water partition coefficient (Wildman–Crippen LogP) is 3.97. The van der Waals surface area contributed by atoms with Gasteiger partial charge in [0.25, 0.3) is 5.56 Å². The maximum absolute atomic E-state index is 13.1. The number of nitrogens with one attached hydrogen (secondary N) is 2. The molecule has 4 rings (SSSR count). The van der Waals surface area contributed by atoms with E-state index in [0.717, 1.165) is 55.5 Å². The molecule has 0 radical (unpaired) electrons. The fourth-order valence-corrected chi connectivity index (χ4v) is 5.11. The molecule has 10 heteroatoms.